The molecule has 84 heavy (non-hydrogen) atoms. The number of halogens is 2. The Morgan fingerprint density at radius 1 is 0.679 bits per heavy atom. The molecule has 0 bridgehead atoms. The maximum atomic E-state index is 12.4. The average molecular weight is 1200 g/mol. The zero-order valence-corrected chi connectivity index (χ0v) is 51.0. The molecule has 2 aliphatic heterocycles. The number of alkyl halides is 2. The largest absolute Gasteiger partial charge is 0.485 e. The van der Waals surface area contributed by atoms with E-state index >= 15 is 0 Å². The first-order valence-corrected chi connectivity index (χ1v) is 29.6. The average Bonchev–Trinajstić information content (AvgIpc) is 3.46. The summed E-state index contributed by atoms with van der Waals surface area (Å²) < 4.78 is 39.2. The van der Waals surface area contributed by atoms with Crippen molar-refractivity contribution in [3.05, 3.63) is 150 Å². The zero-order chi connectivity index (χ0) is 61.5. The van der Waals surface area contributed by atoms with Gasteiger partial charge < -0.3 is 53.7 Å². The number of aliphatic hydroxyl groups excluding tert-OH is 4. The molecule has 4 fully saturated rings. The summed E-state index contributed by atoms with van der Waals surface area (Å²) in [5.41, 5.74) is 4.49. The molecule has 15 nitrogen and oxygen atoms in total. The van der Waals surface area contributed by atoms with Gasteiger partial charge in [0.05, 0.1) is 48.8 Å². The molecule has 0 radical (unpaired) electrons. The molecule has 0 amide bonds. The Balaban J connectivity index is 0.000000398. The van der Waals surface area contributed by atoms with Crippen molar-refractivity contribution in [1.82, 2.24) is 4.98 Å². The fourth-order valence-corrected chi connectivity index (χ4v) is 8.97. The van der Waals surface area contributed by atoms with Crippen LogP contribution in [0.25, 0.3) is 0 Å². The lowest BCUT2D eigenvalue weighted by Gasteiger charge is -2.36. The number of aromatic nitrogens is 1. The summed E-state index contributed by atoms with van der Waals surface area (Å²) in [5, 5.41) is 35.4. The summed E-state index contributed by atoms with van der Waals surface area (Å²) in [6.45, 7) is 10.8. The number of terminal acetylenes is 1. The van der Waals surface area contributed by atoms with Gasteiger partial charge in [0.2, 0.25) is 5.75 Å². The molecule has 4 aromatic carbocycles. The van der Waals surface area contributed by atoms with Crippen LogP contribution >= 0.6 is 23.2 Å². The lowest BCUT2D eigenvalue weighted by atomic mass is 9.80. The number of carbonyl (C=O) groups is 1. The van der Waals surface area contributed by atoms with Crippen molar-refractivity contribution in [1.29, 1.82) is 0 Å². The number of hydrogen-bond acceptors (Lipinski definition) is 15. The molecule has 462 valence electrons. The Morgan fingerprint density at radius 3 is 1.49 bits per heavy atom. The molecule has 2 aliphatic carbocycles. The summed E-state index contributed by atoms with van der Waals surface area (Å²) in [6.07, 6.45) is 17.8. The van der Waals surface area contributed by atoms with Crippen LogP contribution in [0.2, 0.25) is 0 Å². The number of ether oxygens (including phenoxy) is 6. The van der Waals surface area contributed by atoms with Crippen molar-refractivity contribution in [3.63, 3.8) is 0 Å². The first kappa shape index (κ1) is 72.2. The molecule has 8 atom stereocenters. The Bertz CT molecular complexity index is 2470. The Hall–Kier alpha value is -6.02. The number of aliphatic hydroxyl groups is 4. The van der Waals surface area contributed by atoms with Crippen molar-refractivity contribution in [2.24, 2.45) is 27.7 Å². The predicted octanol–water partition coefficient (Wildman–Crippen LogP) is 13.2. The van der Waals surface area contributed by atoms with Crippen molar-refractivity contribution >= 4 is 40.9 Å². The third-order valence-corrected chi connectivity index (χ3v) is 14.5. The standard InChI is InChI=1S/C29H26O5.C13H22N2.C9H18O.C7H10N2.C5H10O5.C2H2.CH2Cl2.CH4/c1-31-29(30)25-17-26(32-19-22-11-5-2-6-12-22)28(34-21-24-15-9-4-10-16-24)27(18-25)33-20-23-13-7-3-8-14-23;1-3-7-12(8-4-1)14-11-15-13-9-5-2-6-10-13;1-6-5-10-9(4)8(3)7(6)2;1-9(2)7-3-5-8-6-4-7;6-2-1-10-5(9)4(8)3(2)7;1-2;2-1-3;/h2-18H,19-21H2,1H3;12-13H,1-10H2;6-9H,5H2,1-4H3;3-6H,1-2H3;2-9H,1H2;1-2H;1H2;1H4/t;;6-,7+,8?,9?;;2-,3+,4?,5?;;;/m..1.1.../s1/i;;;;;1D;;. The maximum Gasteiger partial charge on any atom is 0.338 e. The molecule has 5 aromatic rings. The van der Waals surface area contributed by atoms with Crippen molar-refractivity contribution in [2.45, 2.75) is 162 Å². The highest BCUT2D eigenvalue weighted by Crippen LogP contribution is 2.41. The minimum atomic E-state index is -1.41. The monoisotopic (exact) mass is 1200 g/mol. The second-order valence-electron chi connectivity index (χ2n) is 20.8. The molecular formula is C67H94Cl2N4O11. The summed E-state index contributed by atoms with van der Waals surface area (Å²) in [4.78, 5) is 27.2. The molecular weight excluding hydrogens is 1110 g/mol. The SMILES string of the molecule is C.C(=NC1CCCCC1)=NC1CCCCC1.CC1OC[C@@H](C)[C@H](C)C1C.CN(C)c1ccncc1.COC(=O)c1cc(OCc2ccccc2)c(OCc2ccccc2)c(OCc2ccccc2)c1.ClCCl.OC1OC[C@@H](O)[C@H](O)C1O.[2H]C#C. The number of methoxy groups -OCH3 is 1. The van der Waals surface area contributed by atoms with Crippen LogP contribution < -0.4 is 19.1 Å². The lowest BCUT2D eigenvalue weighted by molar-refractivity contribution is -0.252. The topological polar surface area (TPSA) is 194 Å². The van der Waals surface area contributed by atoms with Crippen LogP contribution in [-0.2, 0) is 34.0 Å². The van der Waals surface area contributed by atoms with Gasteiger partial charge in [-0.1, -0.05) is 158 Å². The number of nitrogens with zero attached hydrogens (tertiary/aromatic N) is 4. The van der Waals surface area contributed by atoms with E-state index in [2.05, 4.69) is 59.8 Å². The number of carbonyl (C=O) groups excluding carboxylic acids is 1. The third-order valence-electron chi connectivity index (χ3n) is 14.5. The van der Waals surface area contributed by atoms with Gasteiger partial charge in [-0.15, -0.1) is 36.0 Å². The number of esters is 1. The van der Waals surface area contributed by atoms with E-state index < -0.39 is 30.6 Å². The highest BCUT2D eigenvalue weighted by atomic mass is 35.5. The zero-order valence-electron chi connectivity index (χ0n) is 50.5. The minimum absolute atomic E-state index is 0. The smallest absolute Gasteiger partial charge is 0.338 e. The quantitative estimate of drug-likeness (QED) is 0.0377. The van der Waals surface area contributed by atoms with E-state index in [0.717, 1.165) is 41.1 Å². The van der Waals surface area contributed by atoms with Gasteiger partial charge in [0.1, 0.15) is 39.5 Å². The van der Waals surface area contributed by atoms with Gasteiger partial charge in [-0.3, -0.25) is 4.98 Å². The van der Waals surface area contributed by atoms with Crippen LogP contribution in [0.4, 0.5) is 5.69 Å². The van der Waals surface area contributed by atoms with Crippen molar-refractivity contribution in [3.8, 4) is 30.1 Å². The minimum Gasteiger partial charge on any atom is -0.485 e. The Kier molecular flexibility index (Phi) is 37.5. The summed E-state index contributed by atoms with van der Waals surface area (Å²) in [6, 6.07) is 40.7. The van der Waals surface area contributed by atoms with Gasteiger partial charge in [-0.05, 0) is 91.3 Å². The molecule has 17 heteroatoms. The van der Waals surface area contributed by atoms with Gasteiger partial charge in [0, 0.05) is 38.8 Å². The van der Waals surface area contributed by atoms with E-state index in [1.165, 1.54) is 83.4 Å². The van der Waals surface area contributed by atoms with Gasteiger partial charge >= 0.3 is 5.97 Å². The number of benzene rings is 4. The maximum absolute atomic E-state index is 12.4. The van der Waals surface area contributed by atoms with Crippen molar-refractivity contribution in [2.75, 3.05) is 44.7 Å². The highest BCUT2D eigenvalue weighted by molar-refractivity contribution is 6.40. The molecule has 3 heterocycles. The molecule has 4 N–H and O–H groups in total. The van der Waals surface area contributed by atoms with Crippen LogP contribution in [0.5, 0.6) is 17.2 Å². The second-order valence-corrected chi connectivity index (χ2v) is 21.6. The molecule has 1 aromatic heterocycles. The number of rotatable bonds is 13. The number of aliphatic imine (C=N–C) groups is 2. The summed E-state index contributed by atoms with van der Waals surface area (Å²) >= 11 is 9.53. The Labute approximate surface area is 512 Å². The van der Waals surface area contributed by atoms with Gasteiger partial charge in [-0.25, -0.2) is 14.8 Å². The first-order chi connectivity index (χ1) is 40.6. The van der Waals surface area contributed by atoms with E-state index in [9.17, 15) is 4.79 Å². The van der Waals surface area contributed by atoms with E-state index in [-0.39, 0.29) is 19.4 Å². The molecule has 2 saturated carbocycles. The van der Waals surface area contributed by atoms with Crippen LogP contribution in [0, 0.1) is 30.6 Å². The Morgan fingerprint density at radius 2 is 1.11 bits per heavy atom. The first-order valence-electron chi connectivity index (χ1n) is 29.0. The van der Waals surface area contributed by atoms with Crippen LogP contribution in [-0.4, -0.2) is 120 Å². The summed E-state index contributed by atoms with van der Waals surface area (Å²) in [5.74, 6) is 3.06. The third kappa shape index (κ3) is 28.2. The lowest BCUT2D eigenvalue weighted by Crippen LogP contribution is -2.52. The number of pyridine rings is 1. The second kappa shape index (κ2) is 43.6. The molecule has 4 unspecified atom stereocenters. The van der Waals surface area contributed by atoms with E-state index in [1.807, 2.05) is 122 Å². The number of anilines is 1. The van der Waals surface area contributed by atoms with Crippen LogP contribution in [0.3, 0.4) is 0 Å². The van der Waals surface area contributed by atoms with Gasteiger partial charge in [0.15, 0.2) is 17.8 Å². The van der Waals surface area contributed by atoms with E-state index in [1.54, 1.807) is 24.5 Å². The predicted molar refractivity (Wildman–Crippen MR) is 338 cm³/mol. The van der Waals surface area contributed by atoms with Crippen molar-refractivity contribution < 1.29 is 55.0 Å². The molecule has 4 aliphatic rings. The highest BCUT2D eigenvalue weighted by Gasteiger charge is 2.36. The molecule has 9 rings (SSSR count). The normalized spacial score (nSPS) is 21.6. The fourth-order valence-electron chi connectivity index (χ4n) is 8.97. The summed E-state index contributed by atoms with van der Waals surface area (Å²) in [7, 11) is 5.36. The van der Waals surface area contributed by atoms with E-state index in [4.69, 9.17) is 68.7 Å². The van der Waals surface area contributed by atoms with Crippen LogP contribution in [0.1, 0.15) is 128 Å². The van der Waals surface area contributed by atoms with Gasteiger partial charge in [-0.2, -0.15) is 0 Å². The van der Waals surface area contributed by atoms with Gasteiger partial charge in [0.25, 0.3) is 0 Å². The van der Waals surface area contributed by atoms with Crippen LogP contribution in [0.15, 0.2) is 138 Å². The fraction of sp³-hybridized carbons (Fsp3) is 0.507. The molecule has 2 saturated heterocycles. The molecule has 0 spiro atoms. The van der Waals surface area contributed by atoms with E-state index in [0.29, 0.717) is 60.8 Å². The number of hydrogen-bond donors (Lipinski definition) is 4.